The molecule has 5 nitrogen and oxygen atoms in total. The van der Waals surface area contributed by atoms with Crippen LogP contribution in [0.5, 0.6) is 0 Å². The third-order valence-electron chi connectivity index (χ3n) is 4.28. The lowest BCUT2D eigenvalue weighted by atomic mass is 10.0. The minimum Gasteiger partial charge on any atom is -0.342 e. The summed E-state index contributed by atoms with van der Waals surface area (Å²) in [5.74, 6) is 0.382. The molecule has 0 radical (unpaired) electrons. The number of rotatable bonds is 5. The zero-order valence-corrected chi connectivity index (χ0v) is 14.8. The molecule has 0 saturated heterocycles. The van der Waals surface area contributed by atoms with Crippen molar-refractivity contribution < 1.29 is 4.79 Å². The van der Waals surface area contributed by atoms with Gasteiger partial charge < -0.3 is 5.32 Å². The second-order valence-corrected chi connectivity index (χ2v) is 6.24. The normalized spacial score (nSPS) is 11.8. The zero-order valence-electron chi connectivity index (χ0n) is 14.8. The van der Waals surface area contributed by atoms with Crippen molar-refractivity contribution in [3.63, 3.8) is 0 Å². The molecule has 26 heavy (non-hydrogen) atoms. The van der Waals surface area contributed by atoms with Gasteiger partial charge in [0.1, 0.15) is 11.9 Å². The lowest BCUT2D eigenvalue weighted by molar-refractivity contribution is -0.121. The van der Waals surface area contributed by atoms with Gasteiger partial charge in [-0.05, 0) is 18.1 Å². The third-order valence-corrected chi connectivity index (χ3v) is 4.28. The summed E-state index contributed by atoms with van der Waals surface area (Å²) in [7, 11) is 1.68. The minimum atomic E-state index is -0.495. The Hall–Kier alpha value is -3.21. The molecule has 1 amide bonds. The molecule has 0 bridgehead atoms. The van der Waals surface area contributed by atoms with Crippen LogP contribution in [0.1, 0.15) is 28.6 Å². The Bertz CT molecular complexity index is 950. The summed E-state index contributed by atoms with van der Waals surface area (Å²) in [5.41, 5.74) is 2.26. The predicted molar refractivity (Wildman–Crippen MR) is 101 cm³/mol. The Kier molecular flexibility index (Phi) is 5.27. The summed E-state index contributed by atoms with van der Waals surface area (Å²) in [4.78, 5) is 29.3. The first kappa shape index (κ1) is 17.6. The van der Waals surface area contributed by atoms with E-state index in [2.05, 4.69) is 10.3 Å². The summed E-state index contributed by atoms with van der Waals surface area (Å²) >= 11 is 0. The van der Waals surface area contributed by atoms with E-state index in [4.69, 9.17) is 0 Å². The van der Waals surface area contributed by atoms with E-state index in [9.17, 15) is 9.59 Å². The van der Waals surface area contributed by atoms with Gasteiger partial charge >= 0.3 is 0 Å². The van der Waals surface area contributed by atoms with Crippen LogP contribution in [0.4, 0.5) is 0 Å². The summed E-state index contributed by atoms with van der Waals surface area (Å²) < 4.78 is 1.50. The van der Waals surface area contributed by atoms with Gasteiger partial charge in [0.2, 0.25) is 5.91 Å². The largest absolute Gasteiger partial charge is 0.342 e. The number of nitrogens with zero attached hydrogens (tertiary/aromatic N) is 2. The summed E-state index contributed by atoms with van der Waals surface area (Å²) in [6, 6.07) is 18.6. The molecule has 3 aromatic rings. The van der Waals surface area contributed by atoms with Gasteiger partial charge in [0.05, 0.1) is 6.42 Å². The molecule has 0 fully saturated rings. The number of amides is 1. The fourth-order valence-electron chi connectivity index (χ4n) is 2.88. The van der Waals surface area contributed by atoms with Gasteiger partial charge in [-0.25, -0.2) is 4.98 Å². The van der Waals surface area contributed by atoms with Crippen LogP contribution in [0.3, 0.4) is 0 Å². The first-order valence-corrected chi connectivity index (χ1v) is 8.47. The Balaban J connectivity index is 1.94. The highest BCUT2D eigenvalue weighted by atomic mass is 16.1. The standard InChI is InChI=1S/C21H21N3O2/c1-15-14-22-20(24(2)21(15)26)19(17-11-7-4-8-12-17)23-18(25)13-16-9-5-3-6-10-16/h3-12,14,19H,13H2,1-2H3,(H,23,25). The van der Waals surface area contributed by atoms with Gasteiger partial charge in [-0.2, -0.15) is 0 Å². The number of carbonyl (C=O) groups excluding carboxylic acids is 1. The predicted octanol–water partition coefficient (Wildman–Crippen LogP) is 2.54. The molecular weight excluding hydrogens is 326 g/mol. The van der Waals surface area contributed by atoms with Gasteiger partial charge in [0.25, 0.3) is 5.56 Å². The maximum atomic E-state index is 12.6. The van der Waals surface area contributed by atoms with E-state index in [1.165, 1.54) is 4.57 Å². The smallest absolute Gasteiger partial charge is 0.256 e. The number of nitrogens with one attached hydrogen (secondary N) is 1. The van der Waals surface area contributed by atoms with Crippen molar-refractivity contribution in [3.8, 4) is 0 Å². The molecule has 1 heterocycles. The Morgan fingerprint density at radius 3 is 2.35 bits per heavy atom. The summed E-state index contributed by atoms with van der Waals surface area (Å²) in [5, 5.41) is 3.02. The quantitative estimate of drug-likeness (QED) is 0.771. The van der Waals surface area contributed by atoms with Crippen molar-refractivity contribution in [1.82, 2.24) is 14.9 Å². The summed E-state index contributed by atoms with van der Waals surface area (Å²) in [6.07, 6.45) is 1.82. The van der Waals surface area contributed by atoms with E-state index in [1.807, 2.05) is 60.7 Å². The Morgan fingerprint density at radius 2 is 1.69 bits per heavy atom. The molecule has 132 valence electrons. The molecule has 0 aliphatic carbocycles. The molecule has 0 spiro atoms. The molecule has 1 atom stereocenters. The van der Waals surface area contributed by atoms with E-state index in [0.717, 1.165) is 11.1 Å². The fourth-order valence-corrected chi connectivity index (χ4v) is 2.88. The first-order valence-electron chi connectivity index (χ1n) is 8.47. The molecule has 2 aromatic carbocycles. The van der Waals surface area contributed by atoms with E-state index in [-0.39, 0.29) is 17.9 Å². The lowest BCUT2D eigenvalue weighted by Gasteiger charge is -2.21. The number of aromatic nitrogens is 2. The average Bonchev–Trinajstić information content (AvgIpc) is 2.66. The van der Waals surface area contributed by atoms with Gasteiger partial charge in [-0.3, -0.25) is 14.2 Å². The van der Waals surface area contributed by atoms with Crippen molar-refractivity contribution in [2.24, 2.45) is 7.05 Å². The first-order chi connectivity index (χ1) is 12.6. The summed E-state index contributed by atoms with van der Waals surface area (Å²) in [6.45, 7) is 1.73. The second kappa shape index (κ2) is 7.78. The molecule has 0 saturated carbocycles. The fraction of sp³-hybridized carbons (Fsp3) is 0.190. The van der Waals surface area contributed by atoms with E-state index in [0.29, 0.717) is 11.4 Å². The van der Waals surface area contributed by atoms with E-state index < -0.39 is 6.04 Å². The van der Waals surface area contributed by atoms with Crippen molar-refractivity contribution in [2.75, 3.05) is 0 Å². The second-order valence-electron chi connectivity index (χ2n) is 6.24. The van der Waals surface area contributed by atoms with Gasteiger partial charge in [0, 0.05) is 18.8 Å². The number of hydrogen-bond acceptors (Lipinski definition) is 3. The van der Waals surface area contributed by atoms with E-state index in [1.54, 1.807) is 20.2 Å². The molecule has 3 rings (SSSR count). The molecule has 0 aliphatic heterocycles. The highest BCUT2D eigenvalue weighted by Gasteiger charge is 2.21. The van der Waals surface area contributed by atoms with Crippen LogP contribution in [-0.2, 0) is 18.3 Å². The van der Waals surface area contributed by atoms with E-state index >= 15 is 0 Å². The van der Waals surface area contributed by atoms with Crippen LogP contribution in [-0.4, -0.2) is 15.5 Å². The number of carbonyl (C=O) groups is 1. The van der Waals surface area contributed by atoms with Crippen LogP contribution >= 0.6 is 0 Å². The third kappa shape index (κ3) is 3.88. The SMILES string of the molecule is Cc1cnc(C(NC(=O)Cc2ccccc2)c2ccccc2)n(C)c1=O. The Morgan fingerprint density at radius 1 is 1.08 bits per heavy atom. The molecule has 1 aromatic heterocycles. The number of hydrogen-bond donors (Lipinski definition) is 1. The van der Waals surface area contributed by atoms with Crippen molar-refractivity contribution in [2.45, 2.75) is 19.4 Å². The Labute approximate surface area is 152 Å². The van der Waals surface area contributed by atoms with Gasteiger partial charge in [-0.15, -0.1) is 0 Å². The molecule has 0 aliphatic rings. The minimum absolute atomic E-state index is 0.117. The number of aryl methyl sites for hydroxylation is 1. The highest BCUT2D eigenvalue weighted by molar-refractivity contribution is 5.79. The molecular formula is C21H21N3O2. The highest BCUT2D eigenvalue weighted by Crippen LogP contribution is 2.19. The van der Waals surface area contributed by atoms with Crippen molar-refractivity contribution >= 4 is 5.91 Å². The maximum absolute atomic E-state index is 12.6. The lowest BCUT2D eigenvalue weighted by Crippen LogP contribution is -2.35. The molecule has 1 unspecified atom stereocenters. The van der Waals surface area contributed by atoms with Gasteiger partial charge in [0.15, 0.2) is 0 Å². The van der Waals surface area contributed by atoms with Crippen LogP contribution in [0.2, 0.25) is 0 Å². The van der Waals surface area contributed by atoms with Gasteiger partial charge in [-0.1, -0.05) is 60.7 Å². The molecule has 1 N–H and O–H groups in total. The number of benzene rings is 2. The maximum Gasteiger partial charge on any atom is 0.256 e. The van der Waals surface area contributed by atoms with Crippen LogP contribution in [0, 0.1) is 6.92 Å². The van der Waals surface area contributed by atoms with Crippen LogP contribution < -0.4 is 10.9 Å². The molecule has 5 heteroatoms. The van der Waals surface area contributed by atoms with Crippen LogP contribution in [0.25, 0.3) is 0 Å². The van der Waals surface area contributed by atoms with Crippen LogP contribution in [0.15, 0.2) is 71.7 Å². The average molecular weight is 347 g/mol. The van der Waals surface area contributed by atoms with Crippen molar-refractivity contribution in [3.05, 3.63) is 99.7 Å². The monoisotopic (exact) mass is 347 g/mol. The topological polar surface area (TPSA) is 64.0 Å². The zero-order chi connectivity index (χ0) is 18.5. The van der Waals surface area contributed by atoms with Crippen molar-refractivity contribution in [1.29, 1.82) is 0 Å².